The summed E-state index contributed by atoms with van der Waals surface area (Å²) in [6.45, 7) is 0. The van der Waals surface area contributed by atoms with Crippen LogP contribution in [-0.4, -0.2) is 61.5 Å². The van der Waals surface area contributed by atoms with E-state index >= 15 is 0 Å². The Morgan fingerprint density at radius 1 is 0.824 bits per heavy atom. The van der Waals surface area contributed by atoms with Gasteiger partial charge in [0.05, 0.1) is 43.4 Å². The minimum absolute atomic E-state index is 0.0114. The second kappa shape index (κ2) is 8.99. The van der Waals surface area contributed by atoms with E-state index in [2.05, 4.69) is 19.9 Å². The SMILES string of the molecule is CN1C(=N)C(=C(SCc2nc3ccccc3[nH]2)SCc2nc3ccccc3[nH]2)C(=N)N(C)C1=O. The molecule has 1 fully saturated rings. The minimum atomic E-state index is -0.400. The summed E-state index contributed by atoms with van der Waals surface area (Å²) in [7, 11) is 3.11. The molecule has 0 bridgehead atoms. The highest BCUT2D eigenvalue weighted by Gasteiger charge is 2.35. The highest BCUT2D eigenvalue weighted by molar-refractivity contribution is 8.21. The molecule has 2 amide bonds. The number of urea groups is 1. The van der Waals surface area contributed by atoms with Crippen LogP contribution in [0.2, 0.25) is 0 Å². The van der Waals surface area contributed by atoms with Gasteiger partial charge in [0.25, 0.3) is 0 Å². The monoisotopic (exact) mass is 490 g/mol. The molecule has 0 aliphatic carbocycles. The molecule has 0 unspecified atom stereocenters. The van der Waals surface area contributed by atoms with E-state index in [0.29, 0.717) is 17.1 Å². The lowest BCUT2D eigenvalue weighted by molar-refractivity contribution is 0.208. The number of nitrogens with one attached hydrogen (secondary N) is 4. The highest BCUT2D eigenvalue weighted by atomic mass is 32.2. The summed E-state index contributed by atoms with van der Waals surface area (Å²) in [5, 5.41) is 17.2. The lowest BCUT2D eigenvalue weighted by Crippen LogP contribution is -2.52. The largest absolute Gasteiger partial charge is 0.341 e. The molecular formula is C23H22N8OS2. The Kier molecular flexibility index (Phi) is 5.88. The van der Waals surface area contributed by atoms with E-state index in [1.165, 1.54) is 33.3 Å². The highest BCUT2D eigenvalue weighted by Crippen LogP contribution is 2.38. The maximum absolute atomic E-state index is 12.4. The van der Waals surface area contributed by atoms with E-state index in [1.807, 2.05) is 48.5 Å². The molecule has 4 aromatic rings. The zero-order valence-corrected chi connectivity index (χ0v) is 20.2. The fourth-order valence-electron chi connectivity index (χ4n) is 3.66. The van der Waals surface area contributed by atoms with Gasteiger partial charge in [0, 0.05) is 14.1 Å². The first kappa shape index (κ1) is 22.2. The van der Waals surface area contributed by atoms with Crippen molar-refractivity contribution in [2.24, 2.45) is 0 Å². The second-order valence-electron chi connectivity index (χ2n) is 7.74. The number of H-pyrrole nitrogens is 2. The first-order valence-corrected chi connectivity index (χ1v) is 12.5. The first-order chi connectivity index (χ1) is 16.4. The number of likely N-dealkylation sites (N-methyl/N-ethyl adjacent to an activating group) is 2. The third kappa shape index (κ3) is 4.08. The van der Waals surface area contributed by atoms with Gasteiger partial charge in [0.1, 0.15) is 23.3 Å². The van der Waals surface area contributed by atoms with E-state index in [1.54, 1.807) is 14.1 Å². The zero-order chi connectivity index (χ0) is 23.8. The summed E-state index contributed by atoms with van der Waals surface area (Å²) in [5.74, 6) is 2.70. The molecule has 172 valence electrons. The Balaban J connectivity index is 1.46. The number of carbonyl (C=O) groups excluding carboxylic acids is 1. The van der Waals surface area contributed by atoms with Gasteiger partial charge in [-0.2, -0.15) is 0 Å². The maximum Gasteiger partial charge on any atom is 0.330 e. The average molecular weight is 491 g/mol. The van der Waals surface area contributed by atoms with Crippen molar-refractivity contribution in [2.75, 3.05) is 14.1 Å². The quantitative estimate of drug-likeness (QED) is 0.309. The van der Waals surface area contributed by atoms with Gasteiger partial charge in [-0.3, -0.25) is 20.6 Å². The van der Waals surface area contributed by atoms with Gasteiger partial charge < -0.3 is 9.97 Å². The van der Waals surface area contributed by atoms with E-state index in [4.69, 9.17) is 10.8 Å². The summed E-state index contributed by atoms with van der Waals surface area (Å²) < 4.78 is 0.766. The molecule has 1 aliphatic rings. The van der Waals surface area contributed by atoms with Crippen molar-refractivity contribution in [1.29, 1.82) is 10.8 Å². The van der Waals surface area contributed by atoms with Crippen LogP contribution < -0.4 is 0 Å². The van der Waals surface area contributed by atoms with E-state index in [9.17, 15) is 4.79 Å². The number of para-hydroxylation sites is 4. The molecule has 0 spiro atoms. The third-order valence-corrected chi connectivity index (χ3v) is 7.95. The molecule has 1 saturated heterocycles. The average Bonchev–Trinajstić information content (AvgIpc) is 3.46. The molecule has 0 atom stereocenters. The van der Waals surface area contributed by atoms with E-state index in [-0.39, 0.29) is 11.7 Å². The fourth-order valence-corrected chi connectivity index (χ4v) is 5.83. The van der Waals surface area contributed by atoms with Crippen molar-refractivity contribution in [1.82, 2.24) is 29.7 Å². The number of amides is 2. The Morgan fingerprint density at radius 3 is 1.71 bits per heavy atom. The van der Waals surface area contributed by atoms with Crippen molar-refractivity contribution in [3.05, 3.63) is 70.0 Å². The molecule has 9 nitrogen and oxygen atoms in total. The van der Waals surface area contributed by atoms with Crippen molar-refractivity contribution in [3.8, 4) is 0 Å². The van der Waals surface area contributed by atoms with Crippen molar-refractivity contribution >= 4 is 63.3 Å². The van der Waals surface area contributed by atoms with Gasteiger partial charge in [0.15, 0.2) is 0 Å². The Labute approximate surface area is 204 Å². The summed E-state index contributed by atoms with van der Waals surface area (Å²) in [6.07, 6.45) is 0. The van der Waals surface area contributed by atoms with Gasteiger partial charge in [-0.15, -0.1) is 23.5 Å². The number of aromatic nitrogens is 4. The van der Waals surface area contributed by atoms with Crippen LogP contribution in [0.25, 0.3) is 22.1 Å². The summed E-state index contributed by atoms with van der Waals surface area (Å²) in [6, 6.07) is 15.3. The number of benzene rings is 2. The molecule has 1 aliphatic heterocycles. The molecule has 34 heavy (non-hydrogen) atoms. The van der Waals surface area contributed by atoms with Crippen molar-refractivity contribution in [2.45, 2.75) is 11.5 Å². The van der Waals surface area contributed by atoms with Crippen molar-refractivity contribution in [3.63, 3.8) is 0 Å². The molecule has 5 rings (SSSR count). The van der Waals surface area contributed by atoms with Crippen LogP contribution in [0.15, 0.2) is 58.3 Å². The summed E-state index contributed by atoms with van der Waals surface area (Å²) in [4.78, 5) is 30.8. The van der Waals surface area contributed by atoms with Gasteiger partial charge in [-0.25, -0.2) is 14.8 Å². The van der Waals surface area contributed by atoms with Gasteiger partial charge in [-0.1, -0.05) is 24.3 Å². The molecule has 3 heterocycles. The van der Waals surface area contributed by atoms with E-state index in [0.717, 1.165) is 38.0 Å². The normalized spacial score (nSPS) is 14.6. The van der Waals surface area contributed by atoms with Crippen LogP contribution in [-0.2, 0) is 11.5 Å². The number of nitrogens with zero attached hydrogens (tertiary/aromatic N) is 4. The minimum Gasteiger partial charge on any atom is -0.341 e. The number of amidine groups is 2. The standard InChI is InChI=1S/C23H22N8OS2/c1-30-20(24)19(21(25)31(2)23(30)32)22(33-11-17-26-13-7-3-4-8-14(13)27-17)34-12-18-28-15-9-5-6-10-16(15)29-18/h3-10,24-25H,11-12H2,1-2H3,(H,26,27)(H,28,29). The zero-order valence-electron chi connectivity index (χ0n) is 18.5. The van der Waals surface area contributed by atoms with Crippen LogP contribution in [0, 0.1) is 10.8 Å². The number of hydrogen-bond donors (Lipinski definition) is 4. The van der Waals surface area contributed by atoms with Crippen LogP contribution in [0.5, 0.6) is 0 Å². The number of fused-ring (bicyclic) bond motifs is 2. The number of aromatic amines is 2. The fraction of sp³-hybridized carbons (Fsp3) is 0.174. The molecule has 11 heteroatoms. The van der Waals surface area contributed by atoms with Gasteiger partial charge in [0.2, 0.25) is 0 Å². The lowest BCUT2D eigenvalue weighted by atomic mass is 10.2. The van der Waals surface area contributed by atoms with Crippen LogP contribution in [0.3, 0.4) is 0 Å². The maximum atomic E-state index is 12.4. The topological polar surface area (TPSA) is 129 Å². The van der Waals surface area contributed by atoms with Crippen LogP contribution in [0.4, 0.5) is 4.79 Å². The van der Waals surface area contributed by atoms with Crippen LogP contribution in [0.1, 0.15) is 11.6 Å². The molecule has 2 aromatic heterocycles. The number of carbonyl (C=O) groups is 1. The number of thioether (sulfide) groups is 2. The molecule has 2 aromatic carbocycles. The summed E-state index contributed by atoms with van der Waals surface area (Å²) in [5.41, 5.74) is 4.14. The predicted molar refractivity (Wildman–Crippen MR) is 138 cm³/mol. The third-order valence-electron chi connectivity index (χ3n) is 5.48. The molecule has 0 saturated carbocycles. The number of imidazole rings is 2. The smallest absolute Gasteiger partial charge is 0.330 e. The predicted octanol–water partition coefficient (Wildman–Crippen LogP) is 4.77. The molecule has 0 radical (unpaired) electrons. The van der Waals surface area contributed by atoms with Gasteiger partial charge in [-0.05, 0) is 24.3 Å². The Morgan fingerprint density at radius 2 is 1.26 bits per heavy atom. The summed E-state index contributed by atoms with van der Waals surface area (Å²) >= 11 is 2.99. The number of rotatable bonds is 6. The van der Waals surface area contributed by atoms with Gasteiger partial charge >= 0.3 is 6.03 Å². The lowest BCUT2D eigenvalue weighted by Gasteiger charge is -2.34. The van der Waals surface area contributed by atoms with Crippen LogP contribution >= 0.6 is 23.5 Å². The molecular weight excluding hydrogens is 468 g/mol. The van der Waals surface area contributed by atoms with Crippen molar-refractivity contribution < 1.29 is 4.79 Å². The van der Waals surface area contributed by atoms with E-state index < -0.39 is 6.03 Å². The molecule has 4 N–H and O–H groups in total. The number of hydrogen-bond acceptors (Lipinski definition) is 7. The Bertz CT molecular complexity index is 1300. The first-order valence-electron chi connectivity index (χ1n) is 10.5. The second-order valence-corrected chi connectivity index (χ2v) is 9.97. The Hall–Kier alpha value is -3.57.